The highest BCUT2D eigenvalue weighted by molar-refractivity contribution is 9.10. The lowest BCUT2D eigenvalue weighted by Gasteiger charge is -2.08. The molecule has 0 saturated carbocycles. The molecule has 0 saturated heterocycles. The average molecular weight is 333 g/mol. The first-order valence-corrected chi connectivity index (χ1v) is 7.29. The standard InChI is InChI=1S/C16H17BrN2O/c1-12-2-8-15(9-3-12)19-16(20)18-11-10-13-4-6-14(17)7-5-13/h2-9H,10-11H2,1H3,(H2,18,19,20). The molecule has 0 fully saturated rings. The first-order valence-electron chi connectivity index (χ1n) is 6.49. The first kappa shape index (κ1) is 14.6. The quantitative estimate of drug-likeness (QED) is 0.868. The van der Waals surface area contributed by atoms with E-state index in [9.17, 15) is 4.79 Å². The Morgan fingerprint density at radius 1 is 1.05 bits per heavy atom. The lowest BCUT2D eigenvalue weighted by molar-refractivity contribution is 0.252. The minimum absolute atomic E-state index is 0.175. The molecule has 2 amide bonds. The first-order chi connectivity index (χ1) is 9.63. The number of rotatable bonds is 4. The predicted molar refractivity (Wildman–Crippen MR) is 86.0 cm³/mol. The van der Waals surface area contributed by atoms with E-state index < -0.39 is 0 Å². The molecule has 0 bridgehead atoms. The molecular weight excluding hydrogens is 316 g/mol. The van der Waals surface area contributed by atoms with Crippen LogP contribution in [0.15, 0.2) is 53.0 Å². The molecule has 0 aliphatic carbocycles. The van der Waals surface area contributed by atoms with Crippen molar-refractivity contribution >= 4 is 27.6 Å². The van der Waals surface area contributed by atoms with Gasteiger partial charge in [-0.15, -0.1) is 0 Å². The second-order valence-corrected chi connectivity index (χ2v) is 5.54. The summed E-state index contributed by atoms with van der Waals surface area (Å²) in [6.07, 6.45) is 0.814. The Labute approximate surface area is 127 Å². The third-order valence-corrected chi connectivity index (χ3v) is 3.45. The number of amides is 2. The third kappa shape index (κ3) is 4.70. The number of anilines is 1. The molecule has 0 aromatic heterocycles. The largest absolute Gasteiger partial charge is 0.338 e. The van der Waals surface area contributed by atoms with Gasteiger partial charge in [-0.25, -0.2) is 4.79 Å². The Bertz CT molecular complexity index is 564. The smallest absolute Gasteiger partial charge is 0.319 e. The Balaban J connectivity index is 1.75. The van der Waals surface area contributed by atoms with Crippen molar-refractivity contribution in [1.29, 1.82) is 0 Å². The third-order valence-electron chi connectivity index (χ3n) is 2.92. The van der Waals surface area contributed by atoms with Gasteiger partial charge in [0.15, 0.2) is 0 Å². The molecular formula is C16H17BrN2O. The molecule has 0 atom stereocenters. The van der Waals surface area contributed by atoms with E-state index in [1.807, 2.05) is 55.5 Å². The summed E-state index contributed by atoms with van der Waals surface area (Å²) in [5, 5.41) is 5.65. The number of aryl methyl sites for hydroxylation is 1. The van der Waals surface area contributed by atoms with Crippen LogP contribution >= 0.6 is 15.9 Å². The number of urea groups is 1. The van der Waals surface area contributed by atoms with Crippen molar-refractivity contribution in [2.75, 3.05) is 11.9 Å². The number of hydrogen-bond acceptors (Lipinski definition) is 1. The minimum atomic E-state index is -0.175. The zero-order chi connectivity index (χ0) is 14.4. The van der Waals surface area contributed by atoms with Crippen LogP contribution in [0.25, 0.3) is 0 Å². The maximum absolute atomic E-state index is 11.7. The second-order valence-electron chi connectivity index (χ2n) is 4.62. The molecule has 0 unspecified atom stereocenters. The lowest BCUT2D eigenvalue weighted by atomic mass is 10.1. The van der Waals surface area contributed by atoms with E-state index in [-0.39, 0.29) is 6.03 Å². The van der Waals surface area contributed by atoms with Crippen molar-refractivity contribution in [2.24, 2.45) is 0 Å². The zero-order valence-corrected chi connectivity index (χ0v) is 12.9. The topological polar surface area (TPSA) is 41.1 Å². The summed E-state index contributed by atoms with van der Waals surface area (Å²) >= 11 is 3.40. The lowest BCUT2D eigenvalue weighted by Crippen LogP contribution is -2.30. The Kier molecular flexibility index (Phi) is 5.18. The van der Waals surface area contributed by atoms with Gasteiger partial charge < -0.3 is 10.6 Å². The summed E-state index contributed by atoms with van der Waals surface area (Å²) in [5.41, 5.74) is 3.17. The molecule has 4 heteroatoms. The molecule has 0 aliphatic rings. The van der Waals surface area contributed by atoms with Gasteiger partial charge in [0, 0.05) is 16.7 Å². The van der Waals surface area contributed by atoms with Gasteiger partial charge in [0.2, 0.25) is 0 Å². The van der Waals surface area contributed by atoms with Crippen molar-refractivity contribution < 1.29 is 4.79 Å². The van der Waals surface area contributed by atoms with E-state index in [2.05, 4.69) is 26.6 Å². The van der Waals surface area contributed by atoms with E-state index in [0.717, 1.165) is 16.6 Å². The van der Waals surface area contributed by atoms with E-state index in [1.165, 1.54) is 11.1 Å². The highest BCUT2D eigenvalue weighted by atomic mass is 79.9. The number of carbonyl (C=O) groups excluding carboxylic acids is 1. The fraction of sp³-hybridized carbons (Fsp3) is 0.188. The van der Waals surface area contributed by atoms with E-state index >= 15 is 0 Å². The van der Waals surface area contributed by atoms with Gasteiger partial charge in [-0.2, -0.15) is 0 Å². The fourth-order valence-electron chi connectivity index (χ4n) is 1.78. The van der Waals surface area contributed by atoms with Crippen LogP contribution in [0.2, 0.25) is 0 Å². The van der Waals surface area contributed by atoms with Gasteiger partial charge in [0.05, 0.1) is 0 Å². The van der Waals surface area contributed by atoms with Crippen LogP contribution in [-0.4, -0.2) is 12.6 Å². The molecule has 104 valence electrons. The monoisotopic (exact) mass is 332 g/mol. The number of nitrogens with one attached hydrogen (secondary N) is 2. The summed E-state index contributed by atoms with van der Waals surface area (Å²) in [4.78, 5) is 11.7. The Morgan fingerprint density at radius 2 is 1.70 bits per heavy atom. The van der Waals surface area contributed by atoms with Gasteiger partial charge in [-0.05, 0) is 43.2 Å². The fourth-order valence-corrected chi connectivity index (χ4v) is 2.05. The summed E-state index contributed by atoms with van der Waals surface area (Å²) in [6.45, 7) is 2.63. The van der Waals surface area contributed by atoms with Gasteiger partial charge in [0.1, 0.15) is 0 Å². The number of benzene rings is 2. The molecule has 2 aromatic rings. The normalized spacial score (nSPS) is 10.1. The van der Waals surface area contributed by atoms with Crippen LogP contribution in [0.1, 0.15) is 11.1 Å². The summed E-state index contributed by atoms with van der Waals surface area (Å²) in [5.74, 6) is 0. The van der Waals surface area contributed by atoms with Crippen LogP contribution < -0.4 is 10.6 Å². The van der Waals surface area contributed by atoms with Crippen molar-refractivity contribution in [1.82, 2.24) is 5.32 Å². The van der Waals surface area contributed by atoms with Crippen molar-refractivity contribution in [3.8, 4) is 0 Å². The Hall–Kier alpha value is -1.81. The van der Waals surface area contributed by atoms with Crippen LogP contribution in [0.5, 0.6) is 0 Å². The van der Waals surface area contributed by atoms with Gasteiger partial charge in [-0.3, -0.25) is 0 Å². The molecule has 2 rings (SSSR count). The zero-order valence-electron chi connectivity index (χ0n) is 11.3. The summed E-state index contributed by atoms with van der Waals surface area (Å²) < 4.78 is 1.06. The summed E-state index contributed by atoms with van der Waals surface area (Å²) in [7, 11) is 0. The van der Waals surface area contributed by atoms with Crippen molar-refractivity contribution in [3.05, 3.63) is 64.1 Å². The van der Waals surface area contributed by atoms with Crippen LogP contribution in [-0.2, 0) is 6.42 Å². The number of halogens is 1. The molecule has 0 spiro atoms. The SMILES string of the molecule is Cc1ccc(NC(=O)NCCc2ccc(Br)cc2)cc1. The molecule has 0 heterocycles. The van der Waals surface area contributed by atoms with Crippen LogP contribution in [0.3, 0.4) is 0 Å². The maximum Gasteiger partial charge on any atom is 0.319 e. The second kappa shape index (κ2) is 7.10. The van der Waals surface area contributed by atoms with E-state index in [1.54, 1.807) is 0 Å². The van der Waals surface area contributed by atoms with Crippen molar-refractivity contribution in [3.63, 3.8) is 0 Å². The van der Waals surface area contributed by atoms with E-state index in [4.69, 9.17) is 0 Å². The molecule has 2 N–H and O–H groups in total. The predicted octanol–water partition coefficient (Wildman–Crippen LogP) is 4.12. The van der Waals surface area contributed by atoms with Gasteiger partial charge in [0.25, 0.3) is 0 Å². The molecule has 3 nitrogen and oxygen atoms in total. The highest BCUT2D eigenvalue weighted by Crippen LogP contribution is 2.11. The van der Waals surface area contributed by atoms with Crippen LogP contribution in [0, 0.1) is 6.92 Å². The molecule has 2 aromatic carbocycles. The van der Waals surface area contributed by atoms with Gasteiger partial charge >= 0.3 is 6.03 Å². The maximum atomic E-state index is 11.7. The number of carbonyl (C=O) groups is 1. The summed E-state index contributed by atoms with van der Waals surface area (Å²) in [6, 6.07) is 15.6. The van der Waals surface area contributed by atoms with Crippen LogP contribution in [0.4, 0.5) is 10.5 Å². The molecule has 20 heavy (non-hydrogen) atoms. The average Bonchev–Trinajstić information content (AvgIpc) is 2.44. The Morgan fingerprint density at radius 3 is 2.35 bits per heavy atom. The number of hydrogen-bond donors (Lipinski definition) is 2. The van der Waals surface area contributed by atoms with Gasteiger partial charge in [-0.1, -0.05) is 45.8 Å². The van der Waals surface area contributed by atoms with Crippen molar-refractivity contribution in [2.45, 2.75) is 13.3 Å². The molecule has 0 aliphatic heterocycles. The van der Waals surface area contributed by atoms with E-state index in [0.29, 0.717) is 6.54 Å². The molecule has 0 radical (unpaired) electrons. The highest BCUT2D eigenvalue weighted by Gasteiger charge is 2.01. The minimum Gasteiger partial charge on any atom is -0.338 e.